The molecule has 0 aromatic carbocycles. The van der Waals surface area contributed by atoms with E-state index in [1.807, 2.05) is 30.7 Å². The average Bonchev–Trinajstić information content (AvgIpc) is 3.39. The highest BCUT2D eigenvalue weighted by Crippen LogP contribution is 2.29. The van der Waals surface area contributed by atoms with Crippen molar-refractivity contribution in [3.63, 3.8) is 0 Å². The van der Waals surface area contributed by atoms with Gasteiger partial charge in [-0.25, -0.2) is 4.98 Å². The Morgan fingerprint density at radius 3 is 2.89 bits per heavy atom. The number of nitrogens with zero attached hydrogens (tertiary/aromatic N) is 5. The molecule has 5 rings (SSSR count). The Morgan fingerprint density at radius 1 is 1.11 bits per heavy atom. The molecule has 0 aliphatic carbocycles. The van der Waals surface area contributed by atoms with Crippen molar-refractivity contribution in [1.82, 2.24) is 24.2 Å². The Kier molecular flexibility index (Phi) is 4.43. The molecule has 1 saturated heterocycles. The van der Waals surface area contributed by atoms with Gasteiger partial charge < -0.3 is 8.82 Å². The Labute approximate surface area is 164 Å². The van der Waals surface area contributed by atoms with Gasteiger partial charge in [0.05, 0.1) is 36.4 Å². The first kappa shape index (κ1) is 17.2. The fraction of sp³-hybridized carbons (Fsp3) is 0.273. The second-order valence-corrected chi connectivity index (χ2v) is 7.39. The van der Waals surface area contributed by atoms with Crippen LogP contribution in [0.15, 0.2) is 72.0 Å². The lowest BCUT2D eigenvalue weighted by atomic mass is 10.1. The van der Waals surface area contributed by atoms with Crippen molar-refractivity contribution in [2.45, 2.75) is 12.6 Å². The Balaban J connectivity index is 1.43. The fourth-order valence-corrected chi connectivity index (χ4v) is 3.97. The third kappa shape index (κ3) is 3.21. The lowest BCUT2D eigenvalue weighted by Crippen LogP contribution is -2.46. The predicted molar refractivity (Wildman–Crippen MR) is 108 cm³/mol. The zero-order valence-corrected chi connectivity index (χ0v) is 15.9. The Morgan fingerprint density at radius 2 is 2.07 bits per heavy atom. The van der Waals surface area contributed by atoms with Gasteiger partial charge in [-0.1, -0.05) is 12.1 Å². The summed E-state index contributed by atoms with van der Waals surface area (Å²) in [6, 6.07) is 12.6. The van der Waals surface area contributed by atoms with Crippen LogP contribution < -0.4 is 0 Å². The van der Waals surface area contributed by atoms with Gasteiger partial charge in [0.1, 0.15) is 5.76 Å². The van der Waals surface area contributed by atoms with E-state index in [-0.39, 0.29) is 6.04 Å². The van der Waals surface area contributed by atoms with E-state index in [1.54, 1.807) is 12.5 Å². The molecule has 4 aromatic heterocycles. The smallest absolute Gasteiger partial charge is 0.117 e. The first-order valence-electron chi connectivity index (χ1n) is 9.60. The molecule has 4 aromatic rings. The van der Waals surface area contributed by atoms with Crippen LogP contribution in [0.25, 0.3) is 16.6 Å². The molecule has 6 heteroatoms. The van der Waals surface area contributed by atoms with Crippen LogP contribution in [-0.4, -0.2) is 50.9 Å². The van der Waals surface area contributed by atoms with Crippen LogP contribution in [0.5, 0.6) is 0 Å². The normalized spacial score (nSPS) is 18.7. The summed E-state index contributed by atoms with van der Waals surface area (Å²) in [7, 11) is 2.18. The van der Waals surface area contributed by atoms with Crippen molar-refractivity contribution < 1.29 is 4.42 Å². The van der Waals surface area contributed by atoms with E-state index in [1.165, 1.54) is 0 Å². The number of aromatic nitrogens is 3. The van der Waals surface area contributed by atoms with E-state index in [0.29, 0.717) is 0 Å². The van der Waals surface area contributed by atoms with E-state index < -0.39 is 0 Å². The monoisotopic (exact) mass is 373 g/mol. The van der Waals surface area contributed by atoms with E-state index in [2.05, 4.69) is 50.6 Å². The van der Waals surface area contributed by atoms with Crippen LogP contribution in [0.2, 0.25) is 0 Å². The maximum absolute atomic E-state index is 5.53. The highest BCUT2D eigenvalue weighted by molar-refractivity contribution is 5.66. The Bertz CT molecular complexity index is 1060. The summed E-state index contributed by atoms with van der Waals surface area (Å²) in [6.07, 6.45) is 9.48. The zero-order chi connectivity index (χ0) is 18.9. The molecule has 1 unspecified atom stereocenters. The Hall–Kier alpha value is -2.96. The van der Waals surface area contributed by atoms with Crippen molar-refractivity contribution in [2.75, 3.05) is 26.7 Å². The maximum atomic E-state index is 5.53. The van der Waals surface area contributed by atoms with Gasteiger partial charge in [0.15, 0.2) is 0 Å². The molecule has 1 aliphatic heterocycles. The molecule has 0 bridgehead atoms. The van der Waals surface area contributed by atoms with Gasteiger partial charge >= 0.3 is 0 Å². The number of fused-ring (bicyclic) bond motifs is 1. The lowest BCUT2D eigenvalue weighted by Gasteiger charge is -2.38. The van der Waals surface area contributed by atoms with Crippen LogP contribution in [0.4, 0.5) is 0 Å². The minimum atomic E-state index is 0.262. The third-order valence-electron chi connectivity index (χ3n) is 5.56. The summed E-state index contributed by atoms with van der Waals surface area (Å²) >= 11 is 0. The number of likely N-dealkylation sites (N-methyl/N-ethyl adjacent to an activating group) is 1. The number of rotatable bonds is 4. The second kappa shape index (κ2) is 7.22. The third-order valence-corrected chi connectivity index (χ3v) is 5.56. The van der Waals surface area contributed by atoms with Crippen LogP contribution in [-0.2, 0) is 6.54 Å². The SMILES string of the molecule is CN1CCN(Cc2ccco2)CC1c1ncn2cc(-c3cccnc3)ccc12. The quantitative estimate of drug-likeness (QED) is 0.548. The van der Waals surface area contributed by atoms with Crippen molar-refractivity contribution in [2.24, 2.45) is 0 Å². The molecule has 0 radical (unpaired) electrons. The minimum Gasteiger partial charge on any atom is -0.468 e. The van der Waals surface area contributed by atoms with Gasteiger partial charge in [-0.05, 0) is 36.9 Å². The number of piperazine rings is 1. The van der Waals surface area contributed by atoms with Gasteiger partial charge in [0.25, 0.3) is 0 Å². The molecule has 5 heterocycles. The number of pyridine rings is 2. The van der Waals surface area contributed by atoms with Crippen molar-refractivity contribution in [3.8, 4) is 11.1 Å². The molecule has 1 aliphatic rings. The molecule has 6 nitrogen and oxygen atoms in total. The van der Waals surface area contributed by atoms with Gasteiger partial charge in [-0.2, -0.15) is 0 Å². The topological polar surface area (TPSA) is 49.8 Å². The molecule has 1 fully saturated rings. The first-order chi connectivity index (χ1) is 13.8. The zero-order valence-electron chi connectivity index (χ0n) is 15.9. The van der Waals surface area contributed by atoms with Crippen molar-refractivity contribution in [1.29, 1.82) is 0 Å². The van der Waals surface area contributed by atoms with Crippen LogP contribution in [0, 0.1) is 0 Å². The van der Waals surface area contributed by atoms with Crippen molar-refractivity contribution in [3.05, 3.63) is 79.0 Å². The summed E-state index contributed by atoms with van der Waals surface area (Å²) in [6.45, 7) is 3.82. The molecule has 0 amide bonds. The summed E-state index contributed by atoms with van der Waals surface area (Å²) in [5, 5.41) is 0. The highest BCUT2D eigenvalue weighted by atomic mass is 16.3. The molecule has 0 N–H and O–H groups in total. The van der Waals surface area contributed by atoms with Gasteiger partial charge in [-0.3, -0.25) is 14.8 Å². The van der Waals surface area contributed by atoms with E-state index in [4.69, 9.17) is 9.40 Å². The molecule has 0 spiro atoms. The first-order valence-corrected chi connectivity index (χ1v) is 9.60. The summed E-state index contributed by atoms with van der Waals surface area (Å²) < 4.78 is 7.66. The summed E-state index contributed by atoms with van der Waals surface area (Å²) in [4.78, 5) is 13.9. The maximum Gasteiger partial charge on any atom is 0.117 e. The highest BCUT2D eigenvalue weighted by Gasteiger charge is 2.29. The predicted octanol–water partition coefficient (Wildman–Crippen LogP) is 3.48. The summed E-state index contributed by atoms with van der Waals surface area (Å²) in [5.74, 6) is 1.01. The summed E-state index contributed by atoms with van der Waals surface area (Å²) in [5.41, 5.74) is 4.54. The van der Waals surface area contributed by atoms with E-state index in [9.17, 15) is 0 Å². The minimum absolute atomic E-state index is 0.262. The van der Waals surface area contributed by atoms with Crippen LogP contribution >= 0.6 is 0 Å². The number of imidazole rings is 1. The van der Waals surface area contributed by atoms with Crippen LogP contribution in [0.1, 0.15) is 17.5 Å². The second-order valence-electron chi connectivity index (χ2n) is 7.39. The number of furan rings is 1. The largest absolute Gasteiger partial charge is 0.468 e. The molecule has 142 valence electrons. The van der Waals surface area contributed by atoms with Gasteiger partial charge in [0.2, 0.25) is 0 Å². The lowest BCUT2D eigenvalue weighted by molar-refractivity contribution is 0.0843. The van der Waals surface area contributed by atoms with E-state index in [0.717, 1.165) is 54.3 Å². The van der Waals surface area contributed by atoms with Crippen LogP contribution in [0.3, 0.4) is 0 Å². The van der Waals surface area contributed by atoms with Crippen molar-refractivity contribution >= 4 is 5.52 Å². The van der Waals surface area contributed by atoms with E-state index >= 15 is 0 Å². The number of hydrogen-bond acceptors (Lipinski definition) is 5. The molecular formula is C22H23N5O. The van der Waals surface area contributed by atoms with Gasteiger partial charge in [0, 0.05) is 43.8 Å². The molecular weight excluding hydrogens is 350 g/mol. The molecule has 1 atom stereocenters. The van der Waals surface area contributed by atoms with Gasteiger partial charge in [-0.15, -0.1) is 0 Å². The standard InChI is InChI=1S/C22H23N5O/c1-25-9-10-26(14-19-5-3-11-28-19)15-21(25)22-20-7-6-18(13-27(20)16-24-22)17-4-2-8-23-12-17/h2-8,11-13,16,21H,9-10,14-15H2,1H3. The average molecular weight is 373 g/mol. The molecule has 0 saturated carbocycles. The fourth-order valence-electron chi connectivity index (χ4n) is 3.97. The molecule has 28 heavy (non-hydrogen) atoms. The number of hydrogen-bond donors (Lipinski definition) is 0.